The number of nitrogens with one attached hydrogen (secondary N) is 1. The molecule has 1 aliphatic heterocycles. The van der Waals surface area contributed by atoms with E-state index in [1.807, 2.05) is 18.2 Å². The normalized spacial score (nSPS) is 13.3. The zero-order valence-electron chi connectivity index (χ0n) is 11.5. The van der Waals surface area contributed by atoms with Gasteiger partial charge in [0.2, 0.25) is 0 Å². The van der Waals surface area contributed by atoms with Crippen LogP contribution in [0.2, 0.25) is 0 Å². The molecule has 0 bridgehead atoms. The molecule has 4 heteroatoms. The molecule has 2 aromatic rings. The van der Waals surface area contributed by atoms with Crippen LogP contribution in [0.15, 0.2) is 36.4 Å². The molecule has 3 rings (SSSR count). The topological polar surface area (TPSA) is 45.0 Å². The first-order chi connectivity index (χ1) is 10.3. The Morgan fingerprint density at radius 2 is 2.19 bits per heavy atom. The summed E-state index contributed by atoms with van der Waals surface area (Å²) in [5.74, 6) is 0.389. The Kier molecular flexibility index (Phi) is 3.85. The lowest BCUT2D eigenvalue weighted by Crippen LogP contribution is -2.24. The summed E-state index contributed by atoms with van der Waals surface area (Å²) in [6.45, 7) is 1.91. The van der Waals surface area contributed by atoms with Gasteiger partial charge in [-0.25, -0.2) is 4.39 Å². The van der Waals surface area contributed by atoms with Crippen LogP contribution in [-0.4, -0.2) is 6.54 Å². The number of rotatable bonds is 3. The molecule has 0 fully saturated rings. The van der Waals surface area contributed by atoms with Gasteiger partial charge < -0.3 is 10.1 Å². The second-order valence-electron chi connectivity index (χ2n) is 5.03. The van der Waals surface area contributed by atoms with Gasteiger partial charge in [0, 0.05) is 17.7 Å². The van der Waals surface area contributed by atoms with Crippen LogP contribution in [0, 0.1) is 17.1 Å². The maximum absolute atomic E-state index is 13.8. The van der Waals surface area contributed by atoms with Crippen LogP contribution in [0.3, 0.4) is 0 Å². The molecule has 1 aliphatic rings. The summed E-state index contributed by atoms with van der Waals surface area (Å²) >= 11 is 0. The quantitative estimate of drug-likeness (QED) is 0.941. The molecular weight excluding hydrogens is 267 g/mol. The minimum absolute atomic E-state index is 0.161. The first kappa shape index (κ1) is 13.6. The number of halogens is 1. The highest BCUT2D eigenvalue weighted by Gasteiger charge is 2.14. The average Bonchev–Trinajstić information content (AvgIpc) is 2.53. The van der Waals surface area contributed by atoms with E-state index in [2.05, 4.69) is 11.4 Å². The fourth-order valence-corrected chi connectivity index (χ4v) is 2.51. The summed E-state index contributed by atoms with van der Waals surface area (Å²) in [5.41, 5.74) is 3.21. The van der Waals surface area contributed by atoms with E-state index in [0.29, 0.717) is 11.1 Å². The van der Waals surface area contributed by atoms with Crippen molar-refractivity contribution in [3.8, 4) is 11.8 Å². The summed E-state index contributed by atoms with van der Waals surface area (Å²) in [4.78, 5) is 0. The predicted molar refractivity (Wildman–Crippen MR) is 77.3 cm³/mol. The molecule has 1 N–H and O–H groups in total. The fourth-order valence-electron chi connectivity index (χ4n) is 2.51. The Bertz CT molecular complexity index is 706. The predicted octanol–water partition coefficient (Wildman–Crippen LogP) is 2.92. The molecule has 21 heavy (non-hydrogen) atoms. The zero-order chi connectivity index (χ0) is 14.7. The molecule has 0 saturated carbocycles. The average molecular weight is 282 g/mol. The lowest BCUT2D eigenvalue weighted by atomic mass is 10.0. The summed E-state index contributed by atoms with van der Waals surface area (Å²) in [6.07, 6.45) is 0.984. The Balaban J connectivity index is 1.78. The number of benzene rings is 2. The molecule has 0 radical (unpaired) electrons. The number of nitriles is 1. The summed E-state index contributed by atoms with van der Waals surface area (Å²) in [6, 6.07) is 12.3. The van der Waals surface area contributed by atoms with Gasteiger partial charge in [0.05, 0.1) is 11.6 Å². The molecule has 0 aliphatic carbocycles. The van der Waals surface area contributed by atoms with E-state index in [4.69, 9.17) is 10.00 Å². The Labute approximate surface area is 123 Å². The summed E-state index contributed by atoms with van der Waals surface area (Å²) in [7, 11) is 0. The van der Waals surface area contributed by atoms with Gasteiger partial charge in [0.1, 0.15) is 18.2 Å². The molecule has 106 valence electrons. The Hall–Kier alpha value is -2.38. The zero-order valence-corrected chi connectivity index (χ0v) is 11.5. The molecule has 0 saturated heterocycles. The van der Waals surface area contributed by atoms with Crippen LogP contribution in [0.25, 0.3) is 0 Å². The van der Waals surface area contributed by atoms with Crippen molar-refractivity contribution in [3.63, 3.8) is 0 Å². The molecule has 0 unspecified atom stereocenters. The van der Waals surface area contributed by atoms with Crippen LogP contribution in [0.1, 0.15) is 22.3 Å². The Morgan fingerprint density at radius 1 is 1.29 bits per heavy atom. The number of fused-ring (bicyclic) bond motifs is 1. The third kappa shape index (κ3) is 2.88. The van der Waals surface area contributed by atoms with E-state index in [1.54, 1.807) is 12.1 Å². The van der Waals surface area contributed by atoms with Crippen molar-refractivity contribution < 1.29 is 9.13 Å². The lowest BCUT2D eigenvalue weighted by molar-refractivity contribution is 0.294. The Morgan fingerprint density at radius 3 is 3.00 bits per heavy atom. The molecule has 1 heterocycles. The highest BCUT2D eigenvalue weighted by molar-refractivity contribution is 5.42. The summed E-state index contributed by atoms with van der Waals surface area (Å²) < 4.78 is 19.6. The van der Waals surface area contributed by atoms with Crippen molar-refractivity contribution in [2.75, 3.05) is 6.54 Å². The van der Waals surface area contributed by atoms with Crippen molar-refractivity contribution in [1.82, 2.24) is 5.32 Å². The van der Waals surface area contributed by atoms with Gasteiger partial charge in [0.25, 0.3) is 0 Å². The van der Waals surface area contributed by atoms with E-state index in [1.165, 1.54) is 11.6 Å². The highest BCUT2D eigenvalue weighted by Crippen LogP contribution is 2.26. The monoisotopic (exact) mass is 282 g/mol. The van der Waals surface area contributed by atoms with Crippen molar-refractivity contribution in [2.24, 2.45) is 0 Å². The maximum atomic E-state index is 13.8. The van der Waals surface area contributed by atoms with Crippen molar-refractivity contribution in [3.05, 3.63) is 64.5 Å². The standard InChI is InChI=1S/C17H15FN2O/c18-16-8-12(9-19)4-5-14(16)11-21-17-3-1-2-13-6-7-20-10-15(13)17/h1-5,8,20H,6-7,10-11H2. The first-order valence-corrected chi connectivity index (χ1v) is 6.91. The second-order valence-corrected chi connectivity index (χ2v) is 5.03. The number of hydrogen-bond acceptors (Lipinski definition) is 3. The fraction of sp³-hybridized carbons (Fsp3) is 0.235. The van der Waals surface area contributed by atoms with E-state index >= 15 is 0 Å². The molecule has 0 atom stereocenters. The van der Waals surface area contributed by atoms with Crippen LogP contribution in [0.4, 0.5) is 4.39 Å². The van der Waals surface area contributed by atoms with Gasteiger partial charge in [-0.05, 0) is 36.7 Å². The number of ether oxygens (including phenoxy) is 1. The number of nitrogens with zero attached hydrogens (tertiary/aromatic N) is 1. The number of hydrogen-bond donors (Lipinski definition) is 1. The SMILES string of the molecule is N#Cc1ccc(COc2cccc3c2CNCC3)c(F)c1. The van der Waals surface area contributed by atoms with Crippen LogP contribution < -0.4 is 10.1 Å². The lowest BCUT2D eigenvalue weighted by Gasteiger charge is -2.20. The van der Waals surface area contributed by atoms with Crippen molar-refractivity contribution in [1.29, 1.82) is 5.26 Å². The molecule has 0 spiro atoms. The van der Waals surface area contributed by atoms with Gasteiger partial charge in [-0.15, -0.1) is 0 Å². The van der Waals surface area contributed by atoms with Gasteiger partial charge in [-0.1, -0.05) is 18.2 Å². The van der Waals surface area contributed by atoms with Crippen LogP contribution >= 0.6 is 0 Å². The first-order valence-electron chi connectivity index (χ1n) is 6.91. The third-order valence-electron chi connectivity index (χ3n) is 3.67. The van der Waals surface area contributed by atoms with Crippen LogP contribution in [-0.2, 0) is 19.6 Å². The highest BCUT2D eigenvalue weighted by atomic mass is 19.1. The van der Waals surface area contributed by atoms with Crippen molar-refractivity contribution >= 4 is 0 Å². The minimum atomic E-state index is -0.406. The molecule has 0 amide bonds. The van der Waals surface area contributed by atoms with E-state index in [9.17, 15) is 4.39 Å². The van der Waals surface area contributed by atoms with E-state index in [-0.39, 0.29) is 6.61 Å². The molecule has 3 nitrogen and oxygen atoms in total. The van der Waals surface area contributed by atoms with Crippen molar-refractivity contribution in [2.45, 2.75) is 19.6 Å². The van der Waals surface area contributed by atoms with Gasteiger partial charge in [-0.2, -0.15) is 5.26 Å². The maximum Gasteiger partial charge on any atom is 0.131 e. The summed E-state index contributed by atoms with van der Waals surface area (Å²) in [5, 5.41) is 12.1. The van der Waals surface area contributed by atoms with Gasteiger partial charge in [-0.3, -0.25) is 0 Å². The molecule has 2 aromatic carbocycles. The smallest absolute Gasteiger partial charge is 0.131 e. The van der Waals surface area contributed by atoms with Crippen LogP contribution in [0.5, 0.6) is 5.75 Å². The van der Waals surface area contributed by atoms with E-state index in [0.717, 1.165) is 30.8 Å². The minimum Gasteiger partial charge on any atom is -0.488 e. The molecular formula is C17H15FN2O. The van der Waals surface area contributed by atoms with Gasteiger partial charge in [0.15, 0.2) is 0 Å². The largest absolute Gasteiger partial charge is 0.488 e. The third-order valence-corrected chi connectivity index (χ3v) is 3.67. The molecule has 0 aromatic heterocycles. The second kappa shape index (κ2) is 5.94. The van der Waals surface area contributed by atoms with E-state index < -0.39 is 5.82 Å². The van der Waals surface area contributed by atoms with Gasteiger partial charge >= 0.3 is 0 Å².